The maximum atomic E-state index is 13.9. The predicted octanol–water partition coefficient (Wildman–Crippen LogP) is 4.16. The first-order valence-electron chi connectivity index (χ1n) is 12.7. The van der Waals surface area contributed by atoms with Crippen molar-refractivity contribution in [1.82, 2.24) is 14.8 Å². The Kier molecular flexibility index (Phi) is 4.87. The smallest absolute Gasteiger partial charge is 0.253 e. The number of aromatic nitrogens is 1. The van der Waals surface area contributed by atoms with Gasteiger partial charge in [0.2, 0.25) is 0 Å². The van der Waals surface area contributed by atoms with Gasteiger partial charge in [0, 0.05) is 36.8 Å². The highest BCUT2D eigenvalue weighted by molar-refractivity contribution is 6.10. The molecule has 6 rings (SSSR count). The van der Waals surface area contributed by atoms with E-state index in [1.165, 1.54) is 19.3 Å². The first-order valence-corrected chi connectivity index (χ1v) is 12.7. The third-order valence-corrected chi connectivity index (χ3v) is 9.37. The lowest BCUT2D eigenvalue weighted by atomic mass is 9.68. The number of nitrogens with zero attached hydrogens (tertiary/aromatic N) is 2. The van der Waals surface area contributed by atoms with Gasteiger partial charge in [0.1, 0.15) is 12.4 Å². The van der Waals surface area contributed by atoms with Crippen molar-refractivity contribution in [3.63, 3.8) is 0 Å². The number of ether oxygens (including phenoxy) is 2. The molecule has 0 radical (unpaired) electrons. The lowest BCUT2D eigenvalue weighted by Crippen LogP contribution is -2.52. The fourth-order valence-electron chi connectivity index (χ4n) is 7.66. The molecule has 1 amide bonds. The summed E-state index contributed by atoms with van der Waals surface area (Å²) in [5.41, 5.74) is 3.30. The summed E-state index contributed by atoms with van der Waals surface area (Å²) in [7, 11) is 0. The minimum atomic E-state index is 0.0762. The molecule has 1 aromatic carbocycles. The maximum absolute atomic E-state index is 13.9. The van der Waals surface area contributed by atoms with Crippen LogP contribution in [0.15, 0.2) is 18.2 Å². The van der Waals surface area contributed by atoms with E-state index in [1.807, 2.05) is 12.1 Å². The van der Waals surface area contributed by atoms with Crippen molar-refractivity contribution in [2.75, 3.05) is 39.5 Å². The number of morpholine rings is 1. The second-order valence-corrected chi connectivity index (χ2v) is 11.7. The van der Waals surface area contributed by atoms with Crippen LogP contribution in [-0.4, -0.2) is 60.9 Å². The summed E-state index contributed by atoms with van der Waals surface area (Å²) >= 11 is 0. The molecule has 6 nitrogen and oxygen atoms in total. The van der Waals surface area contributed by atoms with E-state index in [1.54, 1.807) is 0 Å². The summed E-state index contributed by atoms with van der Waals surface area (Å²) in [6.07, 6.45) is 3.73. The second-order valence-electron chi connectivity index (χ2n) is 11.7. The van der Waals surface area contributed by atoms with Crippen molar-refractivity contribution in [2.24, 2.45) is 16.7 Å². The average molecular weight is 452 g/mol. The Morgan fingerprint density at radius 2 is 2.00 bits per heavy atom. The van der Waals surface area contributed by atoms with E-state index in [0.29, 0.717) is 12.5 Å². The number of carbonyl (C=O) groups excluding carboxylic acids is 1. The molecule has 4 aliphatic rings. The van der Waals surface area contributed by atoms with Gasteiger partial charge in [-0.1, -0.05) is 32.9 Å². The van der Waals surface area contributed by atoms with Crippen LogP contribution >= 0.6 is 0 Å². The zero-order chi connectivity index (χ0) is 23.0. The van der Waals surface area contributed by atoms with Crippen LogP contribution in [-0.2, 0) is 4.74 Å². The molecule has 2 aliphatic heterocycles. The summed E-state index contributed by atoms with van der Waals surface area (Å²) < 4.78 is 14.1. The van der Waals surface area contributed by atoms with Crippen LogP contribution in [0.3, 0.4) is 0 Å². The normalized spacial score (nSPS) is 32.8. The van der Waals surface area contributed by atoms with E-state index in [4.69, 9.17) is 9.47 Å². The SMILES string of the molecule is Cc1c(C(=O)NC2C3(C)CCC(C3)C2(C)C)c2cccc3c2n1[C@H](CN1CCOCC1)CO3. The third-order valence-electron chi connectivity index (χ3n) is 9.37. The Morgan fingerprint density at radius 3 is 2.73 bits per heavy atom. The minimum Gasteiger partial charge on any atom is -0.489 e. The maximum Gasteiger partial charge on any atom is 0.253 e. The number of hydrogen-bond acceptors (Lipinski definition) is 4. The van der Waals surface area contributed by atoms with E-state index >= 15 is 0 Å². The molecule has 6 heteroatoms. The number of carbonyl (C=O) groups is 1. The summed E-state index contributed by atoms with van der Waals surface area (Å²) in [6.45, 7) is 14.2. The lowest BCUT2D eigenvalue weighted by Gasteiger charge is -2.43. The summed E-state index contributed by atoms with van der Waals surface area (Å²) in [5.74, 6) is 1.67. The van der Waals surface area contributed by atoms with Crippen molar-refractivity contribution in [3.05, 3.63) is 29.5 Å². The topological polar surface area (TPSA) is 55.7 Å². The highest BCUT2D eigenvalue weighted by atomic mass is 16.5. The van der Waals surface area contributed by atoms with Gasteiger partial charge in [-0.15, -0.1) is 0 Å². The van der Waals surface area contributed by atoms with E-state index in [2.05, 4.69) is 48.5 Å². The first-order chi connectivity index (χ1) is 15.8. The van der Waals surface area contributed by atoms with Gasteiger partial charge in [0.05, 0.1) is 30.3 Å². The Morgan fingerprint density at radius 1 is 1.21 bits per heavy atom. The molecule has 0 spiro atoms. The first kappa shape index (κ1) is 21.5. The number of hydrogen-bond donors (Lipinski definition) is 1. The highest BCUT2D eigenvalue weighted by Crippen LogP contribution is 2.62. The van der Waals surface area contributed by atoms with Crippen LogP contribution in [0.4, 0.5) is 0 Å². The number of para-hydroxylation sites is 1. The monoisotopic (exact) mass is 451 g/mol. The number of benzene rings is 1. The van der Waals surface area contributed by atoms with Crippen molar-refractivity contribution in [2.45, 2.75) is 59.0 Å². The van der Waals surface area contributed by atoms with Gasteiger partial charge < -0.3 is 19.4 Å². The highest BCUT2D eigenvalue weighted by Gasteiger charge is 2.59. The molecule has 33 heavy (non-hydrogen) atoms. The zero-order valence-electron chi connectivity index (χ0n) is 20.4. The molecule has 178 valence electrons. The lowest BCUT2D eigenvalue weighted by molar-refractivity contribution is 0.0272. The summed E-state index contributed by atoms with van der Waals surface area (Å²) in [6, 6.07) is 6.54. The van der Waals surface area contributed by atoms with E-state index in [-0.39, 0.29) is 28.8 Å². The molecule has 3 unspecified atom stereocenters. The van der Waals surface area contributed by atoms with Gasteiger partial charge in [-0.25, -0.2) is 0 Å². The van der Waals surface area contributed by atoms with Gasteiger partial charge in [-0.2, -0.15) is 0 Å². The molecule has 2 aromatic rings. The van der Waals surface area contributed by atoms with Gasteiger partial charge in [-0.05, 0) is 49.0 Å². The van der Waals surface area contributed by atoms with Gasteiger partial charge >= 0.3 is 0 Å². The Labute approximate surface area is 196 Å². The summed E-state index contributed by atoms with van der Waals surface area (Å²) in [5, 5.41) is 4.56. The van der Waals surface area contributed by atoms with E-state index < -0.39 is 0 Å². The van der Waals surface area contributed by atoms with E-state index in [9.17, 15) is 4.79 Å². The predicted molar refractivity (Wildman–Crippen MR) is 129 cm³/mol. The largest absolute Gasteiger partial charge is 0.489 e. The molecule has 3 heterocycles. The molecular formula is C27H37N3O3. The Hall–Kier alpha value is -2.05. The molecule has 1 N–H and O–H groups in total. The van der Waals surface area contributed by atoms with Crippen molar-refractivity contribution < 1.29 is 14.3 Å². The molecule has 2 saturated carbocycles. The number of rotatable bonds is 4. The van der Waals surface area contributed by atoms with Crippen molar-refractivity contribution >= 4 is 16.8 Å². The molecule has 2 bridgehead atoms. The van der Waals surface area contributed by atoms with Crippen LogP contribution in [0.5, 0.6) is 5.75 Å². The van der Waals surface area contributed by atoms with Crippen LogP contribution in [0.25, 0.3) is 10.9 Å². The van der Waals surface area contributed by atoms with Crippen molar-refractivity contribution in [1.29, 1.82) is 0 Å². The second kappa shape index (κ2) is 7.47. The Balaban J connectivity index is 1.36. The van der Waals surface area contributed by atoms with Crippen LogP contribution < -0.4 is 10.1 Å². The van der Waals surface area contributed by atoms with Gasteiger partial charge in [0.15, 0.2) is 0 Å². The van der Waals surface area contributed by atoms with Gasteiger partial charge in [0.25, 0.3) is 5.91 Å². The van der Waals surface area contributed by atoms with E-state index in [0.717, 1.165) is 60.8 Å². The standard InChI is InChI=1S/C27H37N3O3/c1-17-22(24(31)28-25-26(2,3)18-8-9-27(25,4)14-18)20-6-5-7-21-23(20)30(17)19(16-33-21)15-29-10-12-32-13-11-29/h5-7,18-19,25H,8-16H2,1-4H3,(H,28,31)/t18?,19-,25?,27?/m1/s1. The molecular weight excluding hydrogens is 414 g/mol. The van der Waals surface area contributed by atoms with Crippen molar-refractivity contribution in [3.8, 4) is 5.75 Å². The number of fused-ring (bicyclic) bond motifs is 2. The Bertz CT molecular complexity index is 1090. The molecule has 1 aromatic heterocycles. The summed E-state index contributed by atoms with van der Waals surface area (Å²) in [4.78, 5) is 16.4. The quantitative estimate of drug-likeness (QED) is 0.758. The van der Waals surface area contributed by atoms with Crippen LogP contribution in [0.1, 0.15) is 62.1 Å². The molecule has 4 atom stereocenters. The number of nitrogens with one attached hydrogen (secondary N) is 1. The molecule has 3 fully saturated rings. The van der Waals surface area contributed by atoms with Gasteiger partial charge in [-0.3, -0.25) is 9.69 Å². The molecule has 2 aliphatic carbocycles. The fraction of sp³-hybridized carbons (Fsp3) is 0.667. The number of amides is 1. The van der Waals surface area contributed by atoms with Crippen LogP contribution in [0.2, 0.25) is 0 Å². The average Bonchev–Trinajstić information content (AvgIpc) is 3.39. The molecule has 1 saturated heterocycles. The zero-order valence-corrected chi connectivity index (χ0v) is 20.4. The minimum absolute atomic E-state index is 0.0762. The third kappa shape index (κ3) is 3.17. The fourth-order valence-corrected chi connectivity index (χ4v) is 7.66. The van der Waals surface area contributed by atoms with Crippen LogP contribution in [0, 0.1) is 23.7 Å².